The van der Waals surface area contributed by atoms with Crippen LogP contribution >= 0.6 is 0 Å². The van der Waals surface area contributed by atoms with Crippen LogP contribution in [0.2, 0.25) is 36.3 Å². The van der Waals surface area contributed by atoms with E-state index in [0.29, 0.717) is 13.2 Å². The van der Waals surface area contributed by atoms with Gasteiger partial charge in [-0.15, -0.1) is 0 Å². The molecule has 0 aliphatic carbocycles. The fourth-order valence-corrected chi connectivity index (χ4v) is 4.01. The van der Waals surface area contributed by atoms with Crippen molar-refractivity contribution in [1.29, 1.82) is 0 Å². The molecular formula is C23H46N4O2Si2. The summed E-state index contributed by atoms with van der Waals surface area (Å²) in [5.41, 5.74) is 4.39. The summed E-state index contributed by atoms with van der Waals surface area (Å²) in [6.45, 7) is 27.9. The minimum absolute atomic E-state index is 0.260. The largest absolute Gasteiger partial charge is 0.411 e. The summed E-state index contributed by atoms with van der Waals surface area (Å²) < 4.78 is 14.2. The second-order valence-corrected chi connectivity index (χ2v) is 21.1. The first-order chi connectivity index (χ1) is 13.9. The lowest BCUT2D eigenvalue weighted by molar-refractivity contribution is 0.271. The van der Waals surface area contributed by atoms with Crippen LogP contribution in [0.25, 0.3) is 0 Å². The van der Waals surface area contributed by atoms with Crippen molar-refractivity contribution >= 4 is 16.6 Å². The van der Waals surface area contributed by atoms with E-state index in [1.165, 1.54) is 5.69 Å². The molecule has 0 aromatic carbocycles. The number of nitrogens with one attached hydrogen (secondary N) is 1. The zero-order valence-corrected chi connectivity index (χ0v) is 24.2. The van der Waals surface area contributed by atoms with Crippen molar-refractivity contribution in [3.05, 3.63) is 35.4 Å². The van der Waals surface area contributed by atoms with Crippen LogP contribution in [-0.4, -0.2) is 36.2 Å². The van der Waals surface area contributed by atoms with Gasteiger partial charge in [-0.3, -0.25) is 0 Å². The molecule has 2 aromatic heterocycles. The number of hydrogen-bond acceptors (Lipinski definition) is 4. The lowest BCUT2D eigenvalue weighted by atomic mass is 10.2. The summed E-state index contributed by atoms with van der Waals surface area (Å²) >= 11 is 0. The first-order valence-electron chi connectivity index (χ1n) is 11.1. The van der Waals surface area contributed by atoms with Gasteiger partial charge in [-0.2, -0.15) is 0 Å². The molecule has 0 saturated carbocycles. The third kappa shape index (κ3) is 7.69. The van der Waals surface area contributed by atoms with Crippen LogP contribution < -0.4 is 0 Å². The molecule has 0 radical (unpaired) electrons. The van der Waals surface area contributed by atoms with Crippen molar-refractivity contribution < 1.29 is 8.85 Å². The molecule has 2 rings (SSSR count). The maximum Gasteiger partial charge on any atom is 0.192 e. The van der Waals surface area contributed by atoms with E-state index < -0.39 is 16.6 Å². The van der Waals surface area contributed by atoms with Crippen LogP contribution in [0.3, 0.4) is 0 Å². The molecule has 0 aliphatic heterocycles. The van der Waals surface area contributed by atoms with Gasteiger partial charge in [-0.25, -0.2) is 9.97 Å². The molecule has 0 aliphatic rings. The number of H-pyrrole nitrogens is 1. The molecule has 0 unspecified atom stereocenters. The number of aryl methyl sites for hydroxylation is 2. The smallest absolute Gasteiger partial charge is 0.192 e. The second-order valence-electron chi connectivity index (χ2n) is 11.5. The fraction of sp³-hybridized carbons (Fsp3) is 0.739. The van der Waals surface area contributed by atoms with Gasteiger partial charge in [-0.05, 0) is 50.1 Å². The molecule has 8 heteroatoms. The van der Waals surface area contributed by atoms with E-state index in [4.69, 9.17) is 8.85 Å². The molecule has 31 heavy (non-hydrogen) atoms. The Hall–Kier alpha value is -1.23. The van der Waals surface area contributed by atoms with Gasteiger partial charge in [0, 0.05) is 18.4 Å². The third-order valence-corrected chi connectivity index (χ3v) is 16.0. The summed E-state index contributed by atoms with van der Waals surface area (Å²) in [6.07, 6.45) is 3.57. The number of nitrogens with zero attached hydrogens (tertiary/aromatic N) is 3. The monoisotopic (exact) mass is 466 g/mol. The highest BCUT2D eigenvalue weighted by Gasteiger charge is 2.38. The molecule has 6 nitrogen and oxygen atoms in total. The predicted molar refractivity (Wildman–Crippen MR) is 135 cm³/mol. The predicted octanol–water partition coefficient (Wildman–Crippen LogP) is 6.49. The molecule has 0 atom stereocenters. The zero-order chi connectivity index (χ0) is 24.3. The van der Waals surface area contributed by atoms with E-state index in [-0.39, 0.29) is 10.1 Å². The van der Waals surface area contributed by atoms with Crippen LogP contribution in [0.4, 0.5) is 0 Å². The van der Waals surface area contributed by atoms with E-state index >= 15 is 0 Å². The first-order valence-corrected chi connectivity index (χ1v) is 16.9. The Kier molecular flexibility index (Phi) is 9.10. The van der Waals surface area contributed by atoms with Gasteiger partial charge in [0.1, 0.15) is 0 Å². The highest BCUT2D eigenvalue weighted by atomic mass is 28.4. The molecule has 2 aromatic rings. The average Bonchev–Trinajstić information content (AvgIpc) is 3.16. The van der Waals surface area contributed by atoms with Gasteiger partial charge in [0.2, 0.25) is 0 Å². The van der Waals surface area contributed by atoms with Gasteiger partial charge in [-0.1, -0.05) is 41.5 Å². The normalized spacial score (nSPS) is 13.2. The lowest BCUT2D eigenvalue weighted by Gasteiger charge is -2.36. The Balaban J connectivity index is 0.000000311. The molecule has 178 valence electrons. The van der Waals surface area contributed by atoms with Crippen molar-refractivity contribution in [2.24, 2.45) is 7.05 Å². The Morgan fingerprint density at radius 3 is 1.61 bits per heavy atom. The molecule has 2 heterocycles. The van der Waals surface area contributed by atoms with Crippen LogP contribution in [0, 0.1) is 13.8 Å². The molecule has 0 spiro atoms. The summed E-state index contributed by atoms with van der Waals surface area (Å²) in [5.74, 6) is 0. The van der Waals surface area contributed by atoms with Gasteiger partial charge >= 0.3 is 0 Å². The molecule has 0 saturated heterocycles. The van der Waals surface area contributed by atoms with E-state index in [1.807, 2.05) is 24.9 Å². The zero-order valence-electron chi connectivity index (χ0n) is 22.2. The van der Waals surface area contributed by atoms with Crippen molar-refractivity contribution in [2.45, 2.75) is 105 Å². The first kappa shape index (κ1) is 27.8. The molecule has 1 N–H and O–H groups in total. The fourth-order valence-electron chi connectivity index (χ4n) is 2.14. The summed E-state index contributed by atoms with van der Waals surface area (Å²) in [4.78, 5) is 11.7. The Morgan fingerprint density at radius 1 is 0.839 bits per heavy atom. The standard InChI is InChI=1S/C12H24N2OSi.C11H22N2OSi/c1-10-11(13-9-14(10)5)8-15-16(6,7)12(2,3)4;1-9-10(13-8-12-9)7-14-15(5,6)11(2,3)4/h9H,8H2,1-7H3;8H,7H2,1-6H3,(H,12,13). The maximum absolute atomic E-state index is 6.14. The van der Waals surface area contributed by atoms with Gasteiger partial charge in [0.15, 0.2) is 16.6 Å². The van der Waals surface area contributed by atoms with Crippen LogP contribution in [0.5, 0.6) is 0 Å². The van der Waals surface area contributed by atoms with Crippen molar-refractivity contribution in [2.75, 3.05) is 0 Å². The van der Waals surface area contributed by atoms with Gasteiger partial charge in [0.05, 0.1) is 37.3 Å². The quantitative estimate of drug-likeness (QED) is 0.494. The molecular weight excluding hydrogens is 420 g/mol. The molecule has 0 amide bonds. The SMILES string of the molecule is Cc1[nH]cnc1CO[Si](C)(C)C(C)(C)C.Cc1c(CO[Si](C)(C)C(C)(C)C)ncn1C. The van der Waals surface area contributed by atoms with E-state index in [9.17, 15) is 0 Å². The Bertz CT molecular complexity index is 827. The average molecular weight is 467 g/mol. The second kappa shape index (κ2) is 10.1. The summed E-state index contributed by atoms with van der Waals surface area (Å²) in [7, 11) is -1.28. The highest BCUT2D eigenvalue weighted by Crippen LogP contribution is 2.37. The molecule has 0 fully saturated rings. The van der Waals surface area contributed by atoms with Crippen molar-refractivity contribution in [3.63, 3.8) is 0 Å². The number of imidazole rings is 2. The number of rotatable bonds is 6. The lowest BCUT2D eigenvalue weighted by Crippen LogP contribution is -2.40. The van der Waals surface area contributed by atoms with Gasteiger partial charge in [0.25, 0.3) is 0 Å². The Labute approximate surface area is 192 Å². The number of aromatic nitrogens is 4. The highest BCUT2D eigenvalue weighted by molar-refractivity contribution is 6.74. The molecule has 0 bridgehead atoms. The number of hydrogen-bond donors (Lipinski definition) is 1. The van der Waals surface area contributed by atoms with E-state index in [2.05, 4.69) is 89.6 Å². The Morgan fingerprint density at radius 2 is 1.29 bits per heavy atom. The van der Waals surface area contributed by atoms with Crippen LogP contribution in [0.1, 0.15) is 64.3 Å². The summed E-state index contributed by atoms with van der Waals surface area (Å²) in [5, 5.41) is 0.521. The van der Waals surface area contributed by atoms with Crippen LogP contribution in [0.15, 0.2) is 12.7 Å². The topological polar surface area (TPSA) is 65.0 Å². The van der Waals surface area contributed by atoms with Crippen molar-refractivity contribution in [1.82, 2.24) is 19.5 Å². The maximum atomic E-state index is 6.14. The number of aromatic amines is 1. The van der Waals surface area contributed by atoms with Gasteiger partial charge < -0.3 is 18.4 Å². The minimum Gasteiger partial charge on any atom is -0.411 e. The minimum atomic E-state index is -1.65. The van der Waals surface area contributed by atoms with E-state index in [0.717, 1.165) is 17.1 Å². The summed E-state index contributed by atoms with van der Waals surface area (Å²) in [6, 6.07) is 0. The third-order valence-electron chi connectivity index (χ3n) is 7.02. The van der Waals surface area contributed by atoms with Crippen LogP contribution in [-0.2, 0) is 29.1 Å². The van der Waals surface area contributed by atoms with Crippen molar-refractivity contribution in [3.8, 4) is 0 Å². The van der Waals surface area contributed by atoms with E-state index in [1.54, 1.807) is 6.33 Å².